The van der Waals surface area contributed by atoms with Gasteiger partial charge in [0.15, 0.2) is 11.0 Å². The summed E-state index contributed by atoms with van der Waals surface area (Å²) in [6.45, 7) is 0. The fourth-order valence-electron chi connectivity index (χ4n) is 3.67. The smallest absolute Gasteiger partial charge is 0.250 e. The predicted octanol–water partition coefficient (Wildman–Crippen LogP) is 6.64. The Morgan fingerprint density at radius 2 is 1.58 bits per heavy atom. The highest BCUT2D eigenvalue weighted by Gasteiger charge is 2.17. The summed E-state index contributed by atoms with van der Waals surface area (Å²) in [5, 5.41) is 16.9. The van der Waals surface area contributed by atoms with Crippen molar-refractivity contribution in [2.75, 3.05) is 5.75 Å². The number of rotatable bonds is 7. The highest BCUT2D eigenvalue weighted by atomic mass is 35.5. The Morgan fingerprint density at radius 3 is 2.36 bits per heavy atom. The van der Waals surface area contributed by atoms with Gasteiger partial charge in [0.2, 0.25) is 0 Å². The first-order chi connectivity index (χ1) is 17.6. The molecular weight excluding hydrogens is 513 g/mol. The van der Waals surface area contributed by atoms with E-state index < -0.39 is 0 Å². The van der Waals surface area contributed by atoms with Gasteiger partial charge in [-0.3, -0.25) is 9.36 Å². The largest absolute Gasteiger partial charge is 0.272 e. The maximum atomic E-state index is 12.5. The summed E-state index contributed by atoms with van der Waals surface area (Å²) < 4.78 is 1.89. The summed E-state index contributed by atoms with van der Waals surface area (Å²) in [5.74, 6) is 0.486. The fraction of sp³-hybridized carbons (Fsp3) is 0.0370. The van der Waals surface area contributed by atoms with Crippen molar-refractivity contribution in [3.05, 3.63) is 107 Å². The number of halogens is 2. The Balaban J connectivity index is 1.33. The molecule has 1 amide bonds. The Bertz CT molecular complexity index is 1540. The first-order valence-corrected chi connectivity index (χ1v) is 12.7. The van der Waals surface area contributed by atoms with Gasteiger partial charge in [-0.25, -0.2) is 5.43 Å². The van der Waals surface area contributed by atoms with Gasteiger partial charge >= 0.3 is 0 Å². The minimum atomic E-state index is -0.254. The molecule has 0 saturated heterocycles. The number of carbonyl (C=O) groups excluding carboxylic acids is 1. The molecule has 1 heterocycles. The quantitative estimate of drug-likeness (QED) is 0.145. The molecule has 0 aliphatic carbocycles. The molecule has 4 aromatic carbocycles. The molecule has 5 rings (SSSR count). The zero-order valence-electron chi connectivity index (χ0n) is 18.8. The molecule has 178 valence electrons. The lowest BCUT2D eigenvalue weighted by Crippen LogP contribution is -2.20. The number of nitrogens with one attached hydrogen (secondary N) is 1. The summed E-state index contributed by atoms with van der Waals surface area (Å²) in [5.41, 5.74) is 5.20. The number of thioether (sulfide) groups is 1. The summed E-state index contributed by atoms with van der Waals surface area (Å²) in [4.78, 5) is 12.5. The van der Waals surface area contributed by atoms with E-state index in [0.717, 1.165) is 27.6 Å². The summed E-state index contributed by atoms with van der Waals surface area (Å²) in [7, 11) is 0. The van der Waals surface area contributed by atoms with Crippen molar-refractivity contribution < 1.29 is 4.79 Å². The number of hydrogen-bond acceptors (Lipinski definition) is 5. The van der Waals surface area contributed by atoms with Crippen LogP contribution in [0.2, 0.25) is 10.0 Å². The molecule has 1 N–H and O–H groups in total. The van der Waals surface area contributed by atoms with E-state index in [1.807, 2.05) is 71.3 Å². The van der Waals surface area contributed by atoms with Gasteiger partial charge in [0.1, 0.15) is 0 Å². The molecule has 0 radical (unpaired) electrons. The molecule has 0 aliphatic heterocycles. The van der Waals surface area contributed by atoms with Crippen LogP contribution in [0.3, 0.4) is 0 Å². The number of amides is 1. The highest BCUT2D eigenvalue weighted by molar-refractivity contribution is 7.99. The predicted molar refractivity (Wildman–Crippen MR) is 147 cm³/mol. The van der Waals surface area contributed by atoms with Gasteiger partial charge in [-0.2, -0.15) is 5.10 Å². The monoisotopic (exact) mass is 531 g/mol. The summed E-state index contributed by atoms with van der Waals surface area (Å²) in [6, 6.07) is 28.7. The second-order valence-corrected chi connectivity index (χ2v) is 9.59. The van der Waals surface area contributed by atoms with Crippen molar-refractivity contribution in [1.82, 2.24) is 20.2 Å². The first kappa shape index (κ1) is 24.1. The minimum absolute atomic E-state index is 0.110. The highest BCUT2D eigenvalue weighted by Crippen LogP contribution is 2.29. The van der Waals surface area contributed by atoms with Gasteiger partial charge in [-0.15, -0.1) is 10.2 Å². The van der Waals surface area contributed by atoms with E-state index in [4.69, 9.17) is 23.2 Å². The maximum absolute atomic E-state index is 12.5. The van der Waals surface area contributed by atoms with E-state index in [2.05, 4.69) is 20.7 Å². The lowest BCUT2D eigenvalue weighted by atomic mass is 10.1. The maximum Gasteiger partial charge on any atom is 0.250 e. The standard InChI is InChI=1S/C27H19Cl2N5OS/c28-21-10-8-19(9-11-21)26-32-33-27(34(26)23-14-12-22(29)13-15-23)36-17-25(35)31-30-16-20-6-3-5-18-4-1-2-7-24(18)20/h1-16H,17H2,(H,31,35). The average molecular weight is 532 g/mol. The van der Waals surface area contributed by atoms with Crippen molar-refractivity contribution >= 4 is 57.9 Å². The molecule has 1 aromatic heterocycles. The van der Waals surface area contributed by atoms with E-state index in [1.165, 1.54) is 11.8 Å². The van der Waals surface area contributed by atoms with E-state index in [9.17, 15) is 4.79 Å². The Labute approximate surface area is 222 Å². The van der Waals surface area contributed by atoms with Crippen molar-refractivity contribution in [3.8, 4) is 17.1 Å². The molecule has 0 spiro atoms. The van der Waals surface area contributed by atoms with Crippen molar-refractivity contribution in [3.63, 3.8) is 0 Å². The molecule has 0 bridgehead atoms. The SMILES string of the molecule is O=C(CSc1nnc(-c2ccc(Cl)cc2)n1-c1ccc(Cl)cc1)NN=Cc1cccc2ccccc12. The Kier molecular flexibility index (Phi) is 7.32. The van der Waals surface area contributed by atoms with Crippen molar-refractivity contribution in [2.45, 2.75) is 5.16 Å². The summed E-state index contributed by atoms with van der Waals surface area (Å²) in [6.07, 6.45) is 1.65. The molecule has 0 atom stereocenters. The normalized spacial score (nSPS) is 11.3. The number of hydrazone groups is 1. The van der Waals surface area contributed by atoms with Crippen LogP contribution in [0.5, 0.6) is 0 Å². The van der Waals surface area contributed by atoms with Crippen LogP contribution in [0.4, 0.5) is 0 Å². The molecule has 6 nitrogen and oxygen atoms in total. The zero-order valence-corrected chi connectivity index (χ0v) is 21.1. The van der Waals surface area contributed by atoms with E-state index >= 15 is 0 Å². The number of fused-ring (bicyclic) bond motifs is 1. The third-order valence-electron chi connectivity index (χ3n) is 5.37. The number of nitrogens with zero attached hydrogens (tertiary/aromatic N) is 4. The molecule has 0 saturated carbocycles. The van der Waals surface area contributed by atoms with Gasteiger partial charge in [-0.1, -0.05) is 77.4 Å². The van der Waals surface area contributed by atoms with Crippen LogP contribution in [-0.4, -0.2) is 32.6 Å². The van der Waals surface area contributed by atoms with Crippen LogP contribution in [-0.2, 0) is 4.79 Å². The van der Waals surface area contributed by atoms with E-state index in [-0.39, 0.29) is 11.7 Å². The number of hydrogen-bond donors (Lipinski definition) is 1. The topological polar surface area (TPSA) is 72.2 Å². The minimum Gasteiger partial charge on any atom is -0.272 e. The molecule has 9 heteroatoms. The zero-order chi connectivity index (χ0) is 24.9. The Morgan fingerprint density at radius 1 is 0.889 bits per heavy atom. The van der Waals surface area contributed by atoms with E-state index in [0.29, 0.717) is 21.0 Å². The molecule has 0 fully saturated rings. The second-order valence-electron chi connectivity index (χ2n) is 7.78. The third-order valence-corrected chi connectivity index (χ3v) is 6.80. The Hall–Kier alpha value is -3.65. The molecule has 36 heavy (non-hydrogen) atoms. The molecular formula is C27H19Cl2N5OS. The lowest BCUT2D eigenvalue weighted by molar-refractivity contribution is -0.118. The van der Waals surface area contributed by atoms with Crippen LogP contribution in [0, 0.1) is 0 Å². The van der Waals surface area contributed by atoms with Crippen molar-refractivity contribution in [2.24, 2.45) is 5.10 Å². The van der Waals surface area contributed by atoms with Crippen LogP contribution in [0.1, 0.15) is 5.56 Å². The second kappa shape index (κ2) is 11.0. The van der Waals surface area contributed by atoms with Crippen molar-refractivity contribution in [1.29, 1.82) is 0 Å². The molecule has 0 aliphatic rings. The van der Waals surface area contributed by atoms with Crippen LogP contribution in [0.25, 0.3) is 27.8 Å². The molecule has 5 aromatic rings. The summed E-state index contributed by atoms with van der Waals surface area (Å²) >= 11 is 13.4. The van der Waals surface area contributed by atoms with Gasteiger partial charge in [0.05, 0.1) is 12.0 Å². The van der Waals surface area contributed by atoms with Crippen LogP contribution < -0.4 is 5.43 Å². The van der Waals surface area contributed by atoms with Gasteiger partial charge in [0, 0.05) is 26.9 Å². The molecule has 0 unspecified atom stereocenters. The fourth-order valence-corrected chi connectivity index (χ4v) is 4.67. The first-order valence-electron chi connectivity index (χ1n) is 11.0. The number of carbonyl (C=O) groups is 1. The average Bonchev–Trinajstić information content (AvgIpc) is 3.32. The number of aromatic nitrogens is 3. The number of benzene rings is 4. The van der Waals surface area contributed by atoms with Crippen LogP contribution in [0.15, 0.2) is 101 Å². The lowest BCUT2D eigenvalue weighted by Gasteiger charge is -2.10. The van der Waals surface area contributed by atoms with Gasteiger partial charge in [-0.05, 0) is 59.3 Å². The van der Waals surface area contributed by atoms with E-state index in [1.54, 1.807) is 30.5 Å². The third kappa shape index (κ3) is 5.44. The van der Waals surface area contributed by atoms with Gasteiger partial charge < -0.3 is 0 Å². The van der Waals surface area contributed by atoms with Crippen LogP contribution >= 0.6 is 35.0 Å². The van der Waals surface area contributed by atoms with Gasteiger partial charge in [0.25, 0.3) is 5.91 Å².